The van der Waals surface area contributed by atoms with Gasteiger partial charge < -0.3 is 10.3 Å². The number of aromatic nitrogens is 2. The predicted molar refractivity (Wildman–Crippen MR) is 78.1 cm³/mol. The van der Waals surface area contributed by atoms with E-state index in [2.05, 4.69) is 41.2 Å². The molecular formula is C12H21N5S. The Balaban J connectivity index is 2.36. The zero-order chi connectivity index (χ0) is 13.1. The predicted octanol–water partition coefficient (Wildman–Crippen LogP) is 1.83. The second kappa shape index (κ2) is 5.75. The van der Waals surface area contributed by atoms with Crippen molar-refractivity contribution in [3.05, 3.63) is 11.9 Å². The van der Waals surface area contributed by atoms with Crippen LogP contribution in [-0.2, 0) is 0 Å². The lowest BCUT2D eigenvalue weighted by Gasteiger charge is -2.28. The van der Waals surface area contributed by atoms with Crippen molar-refractivity contribution >= 4 is 23.4 Å². The molecular weight excluding hydrogens is 246 g/mol. The number of rotatable bonds is 4. The maximum atomic E-state index is 5.55. The Hall–Kier alpha value is -1.01. The Morgan fingerprint density at radius 3 is 2.83 bits per heavy atom. The number of nitrogen functional groups attached to an aromatic ring is 1. The summed E-state index contributed by atoms with van der Waals surface area (Å²) in [4.78, 5) is 10.9. The van der Waals surface area contributed by atoms with Crippen LogP contribution in [0.1, 0.15) is 31.7 Å². The van der Waals surface area contributed by atoms with Gasteiger partial charge in [-0.1, -0.05) is 13.8 Å². The Labute approximate surface area is 113 Å². The molecule has 1 unspecified atom stereocenters. The lowest BCUT2D eigenvalue weighted by atomic mass is 10.0. The minimum atomic E-state index is 0.337. The van der Waals surface area contributed by atoms with Gasteiger partial charge in [0.2, 0.25) is 0 Å². The van der Waals surface area contributed by atoms with Crippen LogP contribution >= 0.6 is 11.8 Å². The van der Waals surface area contributed by atoms with Gasteiger partial charge in [0.05, 0.1) is 0 Å². The zero-order valence-corrected chi connectivity index (χ0v) is 12.0. The van der Waals surface area contributed by atoms with Crippen molar-refractivity contribution in [3.8, 4) is 0 Å². The summed E-state index contributed by atoms with van der Waals surface area (Å²) in [5.74, 6) is 10.0. The van der Waals surface area contributed by atoms with Crippen LogP contribution in [0.4, 0.5) is 11.6 Å². The summed E-state index contributed by atoms with van der Waals surface area (Å²) < 4.78 is 0. The van der Waals surface area contributed by atoms with E-state index in [1.807, 2.05) is 11.8 Å². The Bertz CT molecular complexity index is 403. The van der Waals surface area contributed by atoms with E-state index >= 15 is 0 Å². The molecule has 1 saturated heterocycles. The van der Waals surface area contributed by atoms with Crippen molar-refractivity contribution in [1.29, 1.82) is 0 Å². The third-order valence-electron chi connectivity index (χ3n) is 3.36. The standard InChI is InChI=1S/C12H21N5S/c1-8(2)10-11(16-13)14-7-15-12(10)17(3)9-4-5-18-6-9/h7-9H,4-6,13H2,1-3H3,(H,14,15,16). The maximum Gasteiger partial charge on any atom is 0.148 e. The highest BCUT2D eigenvalue weighted by atomic mass is 32.2. The fraction of sp³-hybridized carbons (Fsp3) is 0.667. The first-order valence-electron chi connectivity index (χ1n) is 6.27. The third kappa shape index (κ3) is 2.54. The van der Waals surface area contributed by atoms with Gasteiger partial charge in [0, 0.05) is 24.4 Å². The second-order valence-corrected chi connectivity index (χ2v) is 6.04. The highest BCUT2D eigenvalue weighted by Gasteiger charge is 2.25. The van der Waals surface area contributed by atoms with Gasteiger partial charge in [-0.25, -0.2) is 15.8 Å². The molecule has 1 fully saturated rings. The molecule has 6 heteroatoms. The van der Waals surface area contributed by atoms with Gasteiger partial charge in [0.15, 0.2) is 0 Å². The number of anilines is 2. The van der Waals surface area contributed by atoms with Crippen LogP contribution in [0.5, 0.6) is 0 Å². The van der Waals surface area contributed by atoms with Gasteiger partial charge in [-0.15, -0.1) is 0 Å². The van der Waals surface area contributed by atoms with Crippen LogP contribution in [0.15, 0.2) is 6.33 Å². The molecule has 3 N–H and O–H groups in total. The summed E-state index contributed by atoms with van der Waals surface area (Å²) in [6.45, 7) is 4.28. The van der Waals surface area contributed by atoms with E-state index in [0.717, 1.165) is 17.2 Å². The van der Waals surface area contributed by atoms with E-state index < -0.39 is 0 Å². The molecule has 0 amide bonds. The van der Waals surface area contributed by atoms with Crippen molar-refractivity contribution in [3.63, 3.8) is 0 Å². The maximum absolute atomic E-state index is 5.55. The van der Waals surface area contributed by atoms with Crippen molar-refractivity contribution < 1.29 is 0 Å². The van der Waals surface area contributed by atoms with Crippen LogP contribution in [-0.4, -0.2) is 34.6 Å². The van der Waals surface area contributed by atoms with Crippen LogP contribution in [0.3, 0.4) is 0 Å². The summed E-state index contributed by atoms with van der Waals surface area (Å²) >= 11 is 2.00. The van der Waals surface area contributed by atoms with Crippen LogP contribution in [0, 0.1) is 0 Å². The lowest BCUT2D eigenvalue weighted by Crippen LogP contribution is -2.33. The summed E-state index contributed by atoms with van der Waals surface area (Å²) in [5, 5.41) is 0. The minimum Gasteiger partial charge on any atom is -0.355 e. The largest absolute Gasteiger partial charge is 0.355 e. The number of thioether (sulfide) groups is 1. The molecule has 1 aromatic rings. The lowest BCUT2D eigenvalue weighted by molar-refractivity contribution is 0.680. The monoisotopic (exact) mass is 267 g/mol. The van der Waals surface area contributed by atoms with Gasteiger partial charge in [0.1, 0.15) is 18.0 Å². The normalized spacial score (nSPS) is 19.3. The van der Waals surface area contributed by atoms with Crippen molar-refractivity contribution in [2.75, 3.05) is 28.9 Å². The third-order valence-corrected chi connectivity index (χ3v) is 4.51. The van der Waals surface area contributed by atoms with Crippen molar-refractivity contribution in [2.24, 2.45) is 5.84 Å². The highest BCUT2D eigenvalue weighted by Crippen LogP contribution is 2.33. The number of hydrogen-bond donors (Lipinski definition) is 2. The van der Waals surface area contributed by atoms with Gasteiger partial charge in [-0.2, -0.15) is 11.8 Å². The quantitative estimate of drug-likeness (QED) is 0.641. The van der Waals surface area contributed by atoms with Gasteiger partial charge in [-0.05, 0) is 18.1 Å². The molecule has 0 aliphatic carbocycles. The van der Waals surface area contributed by atoms with Gasteiger partial charge >= 0.3 is 0 Å². The minimum absolute atomic E-state index is 0.337. The van der Waals surface area contributed by atoms with E-state index in [1.165, 1.54) is 17.9 Å². The summed E-state index contributed by atoms with van der Waals surface area (Å²) in [6.07, 6.45) is 2.79. The van der Waals surface area contributed by atoms with Crippen LogP contribution < -0.4 is 16.2 Å². The molecule has 0 spiro atoms. The molecule has 1 aromatic heterocycles. The van der Waals surface area contributed by atoms with Crippen LogP contribution in [0.25, 0.3) is 0 Å². The highest BCUT2D eigenvalue weighted by molar-refractivity contribution is 7.99. The molecule has 18 heavy (non-hydrogen) atoms. The van der Waals surface area contributed by atoms with Gasteiger partial charge in [-0.3, -0.25) is 0 Å². The molecule has 0 saturated carbocycles. The molecule has 0 aromatic carbocycles. The molecule has 2 rings (SSSR count). The first kappa shape index (κ1) is 13.4. The van der Waals surface area contributed by atoms with Crippen LogP contribution in [0.2, 0.25) is 0 Å². The summed E-state index contributed by atoms with van der Waals surface area (Å²) in [7, 11) is 2.12. The van der Waals surface area contributed by atoms with E-state index in [9.17, 15) is 0 Å². The first-order valence-corrected chi connectivity index (χ1v) is 7.42. The molecule has 5 nitrogen and oxygen atoms in total. The van der Waals surface area contributed by atoms with E-state index in [0.29, 0.717) is 12.0 Å². The molecule has 0 bridgehead atoms. The molecule has 2 heterocycles. The van der Waals surface area contributed by atoms with E-state index in [1.54, 1.807) is 6.33 Å². The molecule has 100 valence electrons. The Morgan fingerprint density at radius 1 is 1.50 bits per heavy atom. The van der Waals surface area contributed by atoms with Gasteiger partial charge in [0.25, 0.3) is 0 Å². The Morgan fingerprint density at radius 2 is 2.28 bits per heavy atom. The smallest absolute Gasteiger partial charge is 0.148 e. The second-order valence-electron chi connectivity index (χ2n) is 4.89. The topological polar surface area (TPSA) is 67.1 Å². The fourth-order valence-corrected chi connectivity index (χ4v) is 3.58. The van der Waals surface area contributed by atoms with Crippen molar-refractivity contribution in [1.82, 2.24) is 9.97 Å². The van der Waals surface area contributed by atoms with E-state index in [4.69, 9.17) is 5.84 Å². The number of nitrogens with one attached hydrogen (secondary N) is 1. The summed E-state index contributed by atoms with van der Waals surface area (Å²) in [6, 6.07) is 0.563. The van der Waals surface area contributed by atoms with E-state index in [-0.39, 0.29) is 0 Å². The average molecular weight is 267 g/mol. The molecule has 1 aliphatic heterocycles. The number of hydrogen-bond acceptors (Lipinski definition) is 6. The molecule has 0 radical (unpaired) electrons. The number of nitrogens with two attached hydrogens (primary N) is 1. The Kier molecular flexibility index (Phi) is 4.29. The zero-order valence-electron chi connectivity index (χ0n) is 11.2. The SMILES string of the molecule is CC(C)c1c(NN)ncnc1N(C)C1CCSC1. The number of hydrazine groups is 1. The fourth-order valence-electron chi connectivity index (χ4n) is 2.31. The summed E-state index contributed by atoms with van der Waals surface area (Å²) in [5.41, 5.74) is 3.78. The molecule has 1 aliphatic rings. The molecule has 1 atom stereocenters. The number of nitrogens with zero attached hydrogens (tertiary/aromatic N) is 3. The van der Waals surface area contributed by atoms with Crippen molar-refractivity contribution in [2.45, 2.75) is 32.2 Å². The first-order chi connectivity index (χ1) is 8.65. The average Bonchev–Trinajstić information content (AvgIpc) is 2.90.